The van der Waals surface area contributed by atoms with Gasteiger partial charge in [0, 0.05) is 5.56 Å². The van der Waals surface area contributed by atoms with E-state index in [2.05, 4.69) is 6.58 Å². The molecule has 1 rings (SSSR count). The van der Waals surface area contributed by atoms with E-state index in [0.29, 0.717) is 0 Å². The van der Waals surface area contributed by atoms with Crippen LogP contribution in [-0.4, -0.2) is 0 Å². The monoisotopic (exact) mass is 174 g/mol. The number of halogens is 3. The van der Waals surface area contributed by atoms with Crippen molar-refractivity contribution in [2.75, 3.05) is 0 Å². The molecule has 1 aromatic rings. The zero-order valence-corrected chi connectivity index (χ0v) is 6.33. The van der Waals surface area contributed by atoms with Gasteiger partial charge in [0.25, 0.3) is 0 Å². The summed E-state index contributed by atoms with van der Waals surface area (Å²) in [4.78, 5) is 0. The fourth-order valence-electron chi connectivity index (χ4n) is 0.665. The summed E-state index contributed by atoms with van der Waals surface area (Å²) in [5.74, 6) is -1.30. The smallest absolute Gasteiger partial charge is 0.142 e. The molecule has 0 heterocycles. The van der Waals surface area contributed by atoms with Crippen molar-refractivity contribution in [3.8, 4) is 0 Å². The van der Waals surface area contributed by atoms with Crippen LogP contribution in [0.25, 0.3) is 5.83 Å². The zero-order chi connectivity index (χ0) is 8.43. The van der Waals surface area contributed by atoms with Gasteiger partial charge in [0.1, 0.15) is 11.6 Å². The minimum atomic E-state index is -0.666. The van der Waals surface area contributed by atoms with Crippen molar-refractivity contribution < 1.29 is 8.78 Å². The van der Waals surface area contributed by atoms with E-state index < -0.39 is 11.6 Å². The summed E-state index contributed by atoms with van der Waals surface area (Å²) in [5, 5.41) is -0.0185. The van der Waals surface area contributed by atoms with Crippen molar-refractivity contribution in [2.24, 2.45) is 0 Å². The number of hydrogen-bond donors (Lipinski definition) is 0. The van der Waals surface area contributed by atoms with E-state index in [1.54, 1.807) is 0 Å². The summed E-state index contributed by atoms with van der Waals surface area (Å²) in [5.41, 5.74) is 0.118. The molecule has 0 aliphatic carbocycles. The van der Waals surface area contributed by atoms with Crippen LogP contribution in [0.5, 0.6) is 0 Å². The van der Waals surface area contributed by atoms with Crippen LogP contribution >= 0.6 is 11.6 Å². The Morgan fingerprint density at radius 3 is 2.55 bits per heavy atom. The molecule has 0 nitrogen and oxygen atoms in total. The molecule has 58 valence electrons. The maximum atomic E-state index is 12.6. The van der Waals surface area contributed by atoms with Crippen LogP contribution < -0.4 is 0 Å². The van der Waals surface area contributed by atoms with Gasteiger partial charge in [-0.3, -0.25) is 0 Å². The van der Waals surface area contributed by atoms with Gasteiger partial charge in [0.2, 0.25) is 0 Å². The molecule has 0 N–H and O–H groups in total. The van der Waals surface area contributed by atoms with Gasteiger partial charge in [0.05, 0.1) is 5.02 Å². The first kappa shape index (κ1) is 8.21. The van der Waals surface area contributed by atoms with Crippen molar-refractivity contribution in [3.05, 3.63) is 41.2 Å². The highest BCUT2D eigenvalue weighted by Gasteiger charge is 2.02. The molecule has 0 spiro atoms. The molecule has 0 aromatic heterocycles. The third-order valence-corrected chi connectivity index (χ3v) is 1.54. The lowest BCUT2D eigenvalue weighted by Gasteiger charge is -1.96. The minimum Gasteiger partial charge on any atom is -0.207 e. The summed E-state index contributed by atoms with van der Waals surface area (Å²) in [6.45, 7) is 3.02. The predicted octanol–water partition coefficient (Wildman–Crippen LogP) is 3.42. The Morgan fingerprint density at radius 2 is 2.09 bits per heavy atom. The summed E-state index contributed by atoms with van der Waals surface area (Å²) in [6.07, 6.45) is 0. The maximum absolute atomic E-state index is 12.6. The molecule has 1 aromatic carbocycles. The normalized spacial score (nSPS) is 9.73. The van der Waals surface area contributed by atoms with E-state index in [-0.39, 0.29) is 10.6 Å². The lowest BCUT2D eigenvalue weighted by Crippen LogP contribution is -1.80. The van der Waals surface area contributed by atoms with Crippen LogP contribution in [0.2, 0.25) is 5.02 Å². The van der Waals surface area contributed by atoms with Crippen LogP contribution in [0.15, 0.2) is 24.8 Å². The van der Waals surface area contributed by atoms with Crippen molar-refractivity contribution in [3.63, 3.8) is 0 Å². The maximum Gasteiger partial charge on any atom is 0.142 e. The average molecular weight is 175 g/mol. The second-order valence-corrected chi connectivity index (χ2v) is 2.44. The minimum absolute atomic E-state index is 0.0185. The van der Waals surface area contributed by atoms with E-state index in [1.807, 2.05) is 0 Å². The predicted molar refractivity (Wildman–Crippen MR) is 41.6 cm³/mol. The molecule has 0 fully saturated rings. The largest absolute Gasteiger partial charge is 0.207 e. The van der Waals surface area contributed by atoms with Gasteiger partial charge in [-0.1, -0.05) is 24.2 Å². The third-order valence-electron chi connectivity index (χ3n) is 1.23. The van der Waals surface area contributed by atoms with Crippen LogP contribution in [0, 0.1) is 5.82 Å². The highest BCUT2D eigenvalue weighted by Crippen LogP contribution is 2.20. The molecule has 0 aliphatic heterocycles. The summed E-state index contributed by atoms with van der Waals surface area (Å²) < 4.78 is 24.9. The van der Waals surface area contributed by atoms with Crippen molar-refractivity contribution in [1.82, 2.24) is 0 Å². The summed E-state index contributed by atoms with van der Waals surface area (Å²) in [6, 6.07) is 3.66. The molecule has 0 unspecified atom stereocenters. The first-order chi connectivity index (χ1) is 5.11. The lowest BCUT2D eigenvalue weighted by molar-refractivity contribution is 0.626. The van der Waals surface area contributed by atoms with Gasteiger partial charge < -0.3 is 0 Å². The number of hydrogen-bond acceptors (Lipinski definition) is 0. The van der Waals surface area contributed by atoms with Gasteiger partial charge in [-0.15, -0.1) is 0 Å². The first-order valence-electron chi connectivity index (χ1n) is 2.91. The van der Waals surface area contributed by atoms with Crippen LogP contribution in [0.3, 0.4) is 0 Å². The Labute approximate surface area is 68.1 Å². The molecular formula is C8H5ClF2. The standard InChI is InChI=1S/C8H5ClF2/c1-5(10)6-2-3-7(9)8(11)4-6/h2-4H,1H2. The van der Waals surface area contributed by atoms with Gasteiger partial charge in [0.15, 0.2) is 0 Å². The molecule has 0 atom stereocenters. The van der Waals surface area contributed by atoms with E-state index in [9.17, 15) is 8.78 Å². The molecule has 0 aliphatic rings. The quantitative estimate of drug-likeness (QED) is 0.612. The van der Waals surface area contributed by atoms with Crippen LogP contribution in [0.1, 0.15) is 5.56 Å². The Hall–Kier alpha value is -0.890. The molecule has 0 radical (unpaired) electrons. The van der Waals surface area contributed by atoms with Crippen molar-refractivity contribution in [1.29, 1.82) is 0 Å². The fourth-order valence-corrected chi connectivity index (χ4v) is 0.782. The Morgan fingerprint density at radius 1 is 1.45 bits per heavy atom. The average Bonchev–Trinajstić information content (AvgIpc) is 1.94. The summed E-state index contributed by atoms with van der Waals surface area (Å²) in [7, 11) is 0. The second-order valence-electron chi connectivity index (χ2n) is 2.03. The van der Waals surface area contributed by atoms with E-state index in [0.717, 1.165) is 6.07 Å². The first-order valence-corrected chi connectivity index (χ1v) is 3.29. The third kappa shape index (κ3) is 1.77. The zero-order valence-electron chi connectivity index (χ0n) is 5.57. The van der Waals surface area contributed by atoms with E-state index in [4.69, 9.17) is 11.6 Å². The SMILES string of the molecule is C=C(F)c1ccc(Cl)c(F)c1. The van der Waals surface area contributed by atoms with Crippen LogP contribution in [0.4, 0.5) is 8.78 Å². The summed E-state index contributed by atoms with van der Waals surface area (Å²) >= 11 is 5.36. The highest BCUT2D eigenvalue weighted by atomic mass is 35.5. The van der Waals surface area contributed by atoms with Gasteiger partial charge >= 0.3 is 0 Å². The van der Waals surface area contributed by atoms with E-state index >= 15 is 0 Å². The molecular weight excluding hydrogens is 170 g/mol. The van der Waals surface area contributed by atoms with Gasteiger partial charge in [-0.25, -0.2) is 8.78 Å². The van der Waals surface area contributed by atoms with Gasteiger partial charge in [-0.2, -0.15) is 0 Å². The highest BCUT2D eigenvalue weighted by molar-refractivity contribution is 6.30. The van der Waals surface area contributed by atoms with E-state index in [1.165, 1.54) is 12.1 Å². The Balaban J connectivity index is 3.15. The Kier molecular flexibility index (Phi) is 2.25. The van der Waals surface area contributed by atoms with Crippen LogP contribution in [-0.2, 0) is 0 Å². The molecule has 0 amide bonds. The molecule has 0 saturated heterocycles. The number of benzene rings is 1. The van der Waals surface area contributed by atoms with Crippen molar-refractivity contribution >= 4 is 17.4 Å². The molecule has 3 heteroatoms. The second kappa shape index (κ2) is 3.01. The fraction of sp³-hybridized carbons (Fsp3) is 0. The molecule has 11 heavy (non-hydrogen) atoms. The van der Waals surface area contributed by atoms with Gasteiger partial charge in [-0.05, 0) is 12.1 Å². The Bertz CT molecular complexity index is 294. The number of rotatable bonds is 1. The topological polar surface area (TPSA) is 0 Å². The lowest BCUT2D eigenvalue weighted by atomic mass is 10.2. The van der Waals surface area contributed by atoms with Crippen molar-refractivity contribution in [2.45, 2.75) is 0 Å². The molecule has 0 bridgehead atoms. The molecule has 0 saturated carbocycles.